The van der Waals surface area contributed by atoms with Gasteiger partial charge in [-0.05, 0) is 43.9 Å². The molecule has 0 bridgehead atoms. The van der Waals surface area contributed by atoms with Crippen LogP contribution in [0.2, 0.25) is 0 Å². The lowest BCUT2D eigenvalue weighted by Gasteiger charge is -2.30. The van der Waals surface area contributed by atoms with E-state index < -0.39 is 0 Å². The minimum atomic E-state index is -0.119. The quantitative estimate of drug-likeness (QED) is 0.854. The fraction of sp³-hybridized carbons (Fsp3) is 0.611. The van der Waals surface area contributed by atoms with Crippen molar-refractivity contribution < 1.29 is 14.3 Å². The second-order valence-corrected chi connectivity index (χ2v) is 7.86. The van der Waals surface area contributed by atoms with E-state index >= 15 is 0 Å². The number of ether oxygens (including phenoxy) is 2. The summed E-state index contributed by atoms with van der Waals surface area (Å²) in [6.07, 6.45) is 4.83. The minimum absolute atomic E-state index is 0.119. The van der Waals surface area contributed by atoms with Gasteiger partial charge in [-0.3, -0.25) is 4.79 Å². The molecule has 2 aliphatic rings. The highest BCUT2D eigenvalue weighted by Crippen LogP contribution is 2.35. The maximum absolute atomic E-state index is 12.5. The largest absolute Gasteiger partial charge is 0.486 e. The van der Waals surface area contributed by atoms with E-state index in [4.69, 9.17) is 9.47 Å². The van der Waals surface area contributed by atoms with E-state index in [1.54, 1.807) is 11.8 Å². The lowest BCUT2D eigenvalue weighted by molar-refractivity contribution is -0.121. The van der Waals surface area contributed by atoms with Crippen LogP contribution >= 0.6 is 11.8 Å². The first-order valence-electron chi connectivity index (χ1n) is 8.50. The molecule has 1 saturated carbocycles. The summed E-state index contributed by atoms with van der Waals surface area (Å²) in [5.74, 6) is 2.27. The van der Waals surface area contributed by atoms with Gasteiger partial charge in [-0.25, -0.2) is 0 Å². The third-order valence-electron chi connectivity index (χ3n) is 4.63. The van der Waals surface area contributed by atoms with E-state index in [1.807, 2.05) is 25.1 Å². The molecule has 3 rings (SSSR count). The molecular weight excluding hydrogens is 310 g/mol. The third-order valence-corrected chi connectivity index (χ3v) is 5.73. The lowest BCUT2D eigenvalue weighted by Crippen LogP contribution is -2.44. The highest BCUT2D eigenvalue weighted by Gasteiger charge is 2.25. The van der Waals surface area contributed by atoms with Crippen LogP contribution in [-0.2, 0) is 4.79 Å². The molecule has 23 heavy (non-hydrogen) atoms. The van der Waals surface area contributed by atoms with Gasteiger partial charge in [-0.15, -0.1) is 11.8 Å². The fourth-order valence-corrected chi connectivity index (χ4v) is 4.09. The Bertz CT molecular complexity index is 563. The SMILES string of the molecule is C[C@@H](Sc1ccc2c(c1)OCCO2)C(=O)N[C@@H]1CCCC[C@@H]1C. The van der Waals surface area contributed by atoms with Gasteiger partial charge in [-0.2, -0.15) is 0 Å². The predicted molar refractivity (Wildman–Crippen MR) is 92.3 cm³/mol. The van der Waals surface area contributed by atoms with Gasteiger partial charge >= 0.3 is 0 Å². The fourth-order valence-electron chi connectivity index (χ4n) is 3.19. The van der Waals surface area contributed by atoms with Crippen molar-refractivity contribution in [1.82, 2.24) is 5.32 Å². The van der Waals surface area contributed by atoms with Crippen molar-refractivity contribution in [3.63, 3.8) is 0 Å². The molecule has 1 aliphatic carbocycles. The van der Waals surface area contributed by atoms with Gasteiger partial charge in [-0.1, -0.05) is 19.8 Å². The van der Waals surface area contributed by atoms with Crippen molar-refractivity contribution in [2.24, 2.45) is 5.92 Å². The number of amides is 1. The van der Waals surface area contributed by atoms with Crippen LogP contribution < -0.4 is 14.8 Å². The molecule has 126 valence electrons. The topological polar surface area (TPSA) is 47.6 Å². The molecule has 3 atom stereocenters. The van der Waals surface area contributed by atoms with Gasteiger partial charge in [0.2, 0.25) is 5.91 Å². The summed E-state index contributed by atoms with van der Waals surface area (Å²) in [5, 5.41) is 3.12. The molecule has 0 unspecified atom stereocenters. The molecule has 0 radical (unpaired) electrons. The smallest absolute Gasteiger partial charge is 0.233 e. The molecule has 5 heteroatoms. The average molecular weight is 335 g/mol. The molecular formula is C18H25NO3S. The molecule has 1 N–H and O–H groups in total. The van der Waals surface area contributed by atoms with Crippen molar-refractivity contribution in [1.29, 1.82) is 0 Å². The first kappa shape index (κ1) is 16.5. The van der Waals surface area contributed by atoms with Gasteiger partial charge in [0.25, 0.3) is 0 Å². The second kappa shape index (κ2) is 7.47. The minimum Gasteiger partial charge on any atom is -0.486 e. The molecule has 1 fully saturated rings. The number of carbonyl (C=O) groups is 1. The maximum Gasteiger partial charge on any atom is 0.233 e. The van der Waals surface area contributed by atoms with Crippen LogP contribution in [0.4, 0.5) is 0 Å². The Hall–Kier alpha value is -1.36. The zero-order valence-corrected chi connectivity index (χ0v) is 14.7. The van der Waals surface area contributed by atoms with E-state index in [-0.39, 0.29) is 11.2 Å². The third kappa shape index (κ3) is 4.14. The molecule has 0 saturated heterocycles. The molecule has 0 aromatic heterocycles. The molecule has 1 amide bonds. The number of carbonyl (C=O) groups excluding carboxylic acids is 1. The van der Waals surface area contributed by atoms with E-state index in [9.17, 15) is 4.79 Å². The molecule has 1 heterocycles. The average Bonchev–Trinajstić information content (AvgIpc) is 2.56. The Morgan fingerprint density at radius 2 is 1.96 bits per heavy atom. The van der Waals surface area contributed by atoms with Crippen LogP contribution in [0.15, 0.2) is 23.1 Å². The summed E-state index contributed by atoms with van der Waals surface area (Å²) < 4.78 is 11.1. The van der Waals surface area contributed by atoms with Crippen molar-refractivity contribution in [2.75, 3.05) is 13.2 Å². The Kier molecular flexibility index (Phi) is 5.36. The van der Waals surface area contributed by atoms with Gasteiger partial charge in [0.05, 0.1) is 5.25 Å². The van der Waals surface area contributed by atoms with Crippen molar-refractivity contribution in [3.05, 3.63) is 18.2 Å². The first-order valence-corrected chi connectivity index (χ1v) is 9.38. The Morgan fingerprint density at radius 1 is 1.22 bits per heavy atom. The molecule has 1 aromatic carbocycles. The van der Waals surface area contributed by atoms with Gasteiger partial charge in [0, 0.05) is 10.9 Å². The summed E-state index contributed by atoms with van der Waals surface area (Å²) >= 11 is 1.57. The summed E-state index contributed by atoms with van der Waals surface area (Å²) in [6, 6.07) is 6.21. The zero-order chi connectivity index (χ0) is 16.2. The number of rotatable bonds is 4. The highest BCUT2D eigenvalue weighted by molar-refractivity contribution is 8.00. The predicted octanol–water partition coefficient (Wildman–Crippen LogP) is 3.63. The van der Waals surface area contributed by atoms with Crippen LogP contribution in [0.25, 0.3) is 0 Å². The Morgan fingerprint density at radius 3 is 2.74 bits per heavy atom. The number of thioether (sulfide) groups is 1. The summed E-state index contributed by atoms with van der Waals surface area (Å²) in [7, 11) is 0. The number of nitrogens with one attached hydrogen (secondary N) is 1. The summed E-state index contributed by atoms with van der Waals surface area (Å²) in [5.41, 5.74) is 0. The Balaban J connectivity index is 1.57. The van der Waals surface area contributed by atoms with E-state index in [0.29, 0.717) is 25.2 Å². The van der Waals surface area contributed by atoms with Crippen molar-refractivity contribution in [3.8, 4) is 11.5 Å². The van der Waals surface area contributed by atoms with Gasteiger partial charge in [0.1, 0.15) is 13.2 Å². The van der Waals surface area contributed by atoms with E-state index in [1.165, 1.54) is 19.3 Å². The summed E-state index contributed by atoms with van der Waals surface area (Å²) in [6.45, 7) is 5.38. The number of hydrogen-bond donors (Lipinski definition) is 1. The summed E-state index contributed by atoms with van der Waals surface area (Å²) in [4.78, 5) is 13.5. The Labute approximate surface area is 142 Å². The van der Waals surface area contributed by atoms with Crippen LogP contribution in [0.1, 0.15) is 39.5 Å². The van der Waals surface area contributed by atoms with Crippen LogP contribution in [-0.4, -0.2) is 30.4 Å². The maximum atomic E-state index is 12.5. The molecule has 0 spiro atoms. The second-order valence-electron chi connectivity index (χ2n) is 6.44. The standard InChI is InChI=1S/C18H25NO3S/c1-12-5-3-4-6-15(12)19-18(20)13(2)23-14-7-8-16-17(11-14)22-10-9-21-16/h7-8,11-13,15H,3-6,9-10H2,1-2H3,(H,19,20)/t12-,13+,15+/m0/s1. The number of hydrogen-bond acceptors (Lipinski definition) is 4. The monoisotopic (exact) mass is 335 g/mol. The number of fused-ring (bicyclic) bond motifs is 1. The van der Waals surface area contributed by atoms with Gasteiger partial charge < -0.3 is 14.8 Å². The highest BCUT2D eigenvalue weighted by atomic mass is 32.2. The van der Waals surface area contributed by atoms with Crippen LogP contribution in [0, 0.1) is 5.92 Å². The molecule has 4 nitrogen and oxygen atoms in total. The first-order chi connectivity index (χ1) is 11.1. The zero-order valence-electron chi connectivity index (χ0n) is 13.8. The molecule has 1 aromatic rings. The van der Waals surface area contributed by atoms with Crippen molar-refractivity contribution in [2.45, 2.75) is 55.7 Å². The van der Waals surface area contributed by atoms with Gasteiger partial charge in [0.15, 0.2) is 11.5 Å². The number of benzene rings is 1. The van der Waals surface area contributed by atoms with Crippen LogP contribution in [0.5, 0.6) is 11.5 Å². The normalized spacial score (nSPS) is 24.8. The molecule has 1 aliphatic heterocycles. The van der Waals surface area contributed by atoms with Crippen LogP contribution in [0.3, 0.4) is 0 Å². The lowest BCUT2D eigenvalue weighted by atomic mass is 9.86. The van der Waals surface area contributed by atoms with E-state index in [2.05, 4.69) is 12.2 Å². The van der Waals surface area contributed by atoms with Crippen molar-refractivity contribution >= 4 is 17.7 Å². The van der Waals surface area contributed by atoms with E-state index in [0.717, 1.165) is 22.8 Å².